The third-order valence-electron chi connectivity index (χ3n) is 2.36. The van der Waals surface area contributed by atoms with E-state index in [1.807, 2.05) is 18.2 Å². The molecule has 88 valence electrons. The molecule has 1 rings (SSSR count). The van der Waals surface area contributed by atoms with Crippen LogP contribution >= 0.6 is 24.0 Å². The average molecular weight is 255 g/mol. The highest BCUT2D eigenvalue weighted by molar-refractivity contribution is 8.22. The van der Waals surface area contributed by atoms with Gasteiger partial charge in [0.15, 0.2) is 0 Å². The van der Waals surface area contributed by atoms with Crippen molar-refractivity contribution < 1.29 is 5.11 Å². The molecule has 0 fully saturated rings. The average Bonchev–Trinajstić information content (AvgIpc) is 2.29. The predicted octanol–water partition coefficient (Wildman–Crippen LogP) is 3.25. The Morgan fingerprint density at radius 1 is 1.31 bits per heavy atom. The molecule has 4 heteroatoms. The number of phenolic OH excluding ortho intramolecular Hbond substituents is 1. The van der Waals surface area contributed by atoms with Gasteiger partial charge in [-0.15, -0.1) is 0 Å². The second kappa shape index (κ2) is 6.76. The van der Waals surface area contributed by atoms with Gasteiger partial charge in [-0.2, -0.15) is 0 Å². The molecule has 0 bridgehead atoms. The van der Waals surface area contributed by atoms with Crippen LogP contribution in [0.3, 0.4) is 0 Å². The molecule has 0 aliphatic heterocycles. The first-order valence-corrected chi connectivity index (χ1v) is 6.77. The normalized spacial score (nSPS) is 10.1. The fraction of sp³-hybridized carbons (Fsp3) is 0.417. The standard InChI is InChI=1S/C12H17NOS2/c1-3-13(4-2)12(15)16-9-10-7-5-6-8-11(10)14/h5-8,14H,3-4,9H2,1-2H3. The molecule has 0 amide bonds. The number of hydrogen-bond donors (Lipinski definition) is 1. The van der Waals surface area contributed by atoms with Crippen molar-refractivity contribution >= 4 is 28.3 Å². The Kier molecular flexibility index (Phi) is 5.63. The molecule has 0 saturated heterocycles. The predicted molar refractivity (Wildman–Crippen MR) is 74.9 cm³/mol. The van der Waals surface area contributed by atoms with Crippen LogP contribution in [0.4, 0.5) is 0 Å². The molecule has 1 aromatic carbocycles. The van der Waals surface area contributed by atoms with Gasteiger partial charge >= 0.3 is 0 Å². The van der Waals surface area contributed by atoms with Gasteiger partial charge in [0.05, 0.1) is 0 Å². The van der Waals surface area contributed by atoms with Gasteiger partial charge in [0, 0.05) is 24.4 Å². The van der Waals surface area contributed by atoms with Gasteiger partial charge in [-0.25, -0.2) is 0 Å². The van der Waals surface area contributed by atoms with Crippen molar-refractivity contribution in [2.45, 2.75) is 19.6 Å². The highest BCUT2D eigenvalue weighted by Crippen LogP contribution is 2.23. The fourth-order valence-corrected chi connectivity index (χ4v) is 2.74. The maximum atomic E-state index is 9.61. The van der Waals surface area contributed by atoms with Crippen LogP contribution in [0.5, 0.6) is 5.75 Å². The maximum absolute atomic E-state index is 9.61. The number of benzene rings is 1. The molecule has 0 atom stereocenters. The van der Waals surface area contributed by atoms with Crippen LogP contribution in [0.2, 0.25) is 0 Å². The largest absolute Gasteiger partial charge is 0.508 e. The molecular formula is C12H17NOS2. The Morgan fingerprint density at radius 3 is 2.50 bits per heavy atom. The lowest BCUT2D eigenvalue weighted by Gasteiger charge is -2.20. The van der Waals surface area contributed by atoms with Crippen LogP contribution in [-0.2, 0) is 5.75 Å². The molecule has 2 nitrogen and oxygen atoms in total. The van der Waals surface area contributed by atoms with Crippen LogP contribution in [0.1, 0.15) is 19.4 Å². The lowest BCUT2D eigenvalue weighted by Crippen LogP contribution is -2.26. The lowest BCUT2D eigenvalue weighted by molar-refractivity contribution is 0.470. The van der Waals surface area contributed by atoms with Gasteiger partial charge < -0.3 is 10.0 Å². The highest BCUT2D eigenvalue weighted by atomic mass is 32.2. The molecular weight excluding hydrogens is 238 g/mol. The summed E-state index contributed by atoms with van der Waals surface area (Å²) in [4.78, 5) is 2.14. The summed E-state index contributed by atoms with van der Waals surface area (Å²) in [6.45, 7) is 6.05. The van der Waals surface area contributed by atoms with Crippen LogP contribution in [0.15, 0.2) is 24.3 Å². The Labute approximate surface area is 107 Å². The summed E-state index contributed by atoms with van der Waals surface area (Å²) in [5.41, 5.74) is 0.932. The van der Waals surface area contributed by atoms with Gasteiger partial charge in [-0.1, -0.05) is 42.2 Å². The zero-order chi connectivity index (χ0) is 12.0. The Hall–Kier alpha value is -0.740. The Balaban J connectivity index is 2.52. The molecule has 0 radical (unpaired) electrons. The third-order valence-corrected chi connectivity index (χ3v) is 3.94. The van der Waals surface area contributed by atoms with Gasteiger partial charge in [0.2, 0.25) is 0 Å². The molecule has 0 saturated carbocycles. The van der Waals surface area contributed by atoms with E-state index in [-0.39, 0.29) is 0 Å². The van der Waals surface area contributed by atoms with E-state index in [1.165, 1.54) is 0 Å². The second-order valence-electron chi connectivity index (χ2n) is 3.36. The van der Waals surface area contributed by atoms with Crippen molar-refractivity contribution in [1.82, 2.24) is 4.90 Å². The van der Waals surface area contributed by atoms with Crippen molar-refractivity contribution in [1.29, 1.82) is 0 Å². The van der Waals surface area contributed by atoms with Crippen molar-refractivity contribution in [3.8, 4) is 5.75 Å². The zero-order valence-electron chi connectivity index (χ0n) is 9.64. The molecule has 1 aromatic rings. The number of aromatic hydroxyl groups is 1. The molecule has 0 heterocycles. The minimum absolute atomic E-state index is 0.345. The van der Waals surface area contributed by atoms with E-state index in [1.54, 1.807) is 17.8 Å². The fourth-order valence-electron chi connectivity index (χ4n) is 1.35. The monoisotopic (exact) mass is 255 g/mol. The number of phenols is 1. The zero-order valence-corrected chi connectivity index (χ0v) is 11.3. The number of thioether (sulfide) groups is 1. The van der Waals surface area contributed by atoms with E-state index < -0.39 is 0 Å². The first-order valence-electron chi connectivity index (χ1n) is 5.37. The molecule has 0 unspecified atom stereocenters. The summed E-state index contributed by atoms with van der Waals surface area (Å²) in [6.07, 6.45) is 0. The molecule has 0 aliphatic rings. The van der Waals surface area contributed by atoms with Crippen LogP contribution < -0.4 is 0 Å². The molecule has 0 aromatic heterocycles. The van der Waals surface area contributed by atoms with Crippen molar-refractivity contribution in [2.75, 3.05) is 13.1 Å². The van der Waals surface area contributed by atoms with Crippen LogP contribution in [0, 0.1) is 0 Å². The molecule has 1 N–H and O–H groups in total. The van der Waals surface area contributed by atoms with E-state index in [9.17, 15) is 5.11 Å². The van der Waals surface area contributed by atoms with Crippen LogP contribution in [0.25, 0.3) is 0 Å². The molecule has 16 heavy (non-hydrogen) atoms. The van der Waals surface area contributed by atoms with E-state index in [0.29, 0.717) is 5.75 Å². The van der Waals surface area contributed by atoms with Gasteiger partial charge in [0.25, 0.3) is 0 Å². The second-order valence-corrected chi connectivity index (χ2v) is 4.96. The van der Waals surface area contributed by atoms with Crippen LogP contribution in [-0.4, -0.2) is 27.4 Å². The number of para-hydroxylation sites is 1. The topological polar surface area (TPSA) is 23.5 Å². The smallest absolute Gasteiger partial charge is 0.136 e. The molecule has 0 spiro atoms. The summed E-state index contributed by atoms with van der Waals surface area (Å²) in [7, 11) is 0. The Morgan fingerprint density at radius 2 is 1.94 bits per heavy atom. The van der Waals surface area contributed by atoms with E-state index >= 15 is 0 Å². The molecule has 0 aliphatic carbocycles. The first kappa shape index (κ1) is 13.3. The third kappa shape index (κ3) is 3.68. The minimum atomic E-state index is 0.345. The van der Waals surface area contributed by atoms with Gasteiger partial charge in [-0.05, 0) is 19.9 Å². The summed E-state index contributed by atoms with van der Waals surface area (Å²) in [5.74, 6) is 1.07. The maximum Gasteiger partial charge on any atom is 0.136 e. The van der Waals surface area contributed by atoms with E-state index in [2.05, 4.69) is 18.7 Å². The quantitative estimate of drug-likeness (QED) is 0.834. The highest BCUT2D eigenvalue weighted by Gasteiger charge is 2.07. The van der Waals surface area contributed by atoms with Gasteiger partial charge in [-0.3, -0.25) is 0 Å². The Bertz CT molecular complexity index is 351. The minimum Gasteiger partial charge on any atom is -0.508 e. The van der Waals surface area contributed by atoms with E-state index in [0.717, 1.165) is 28.7 Å². The summed E-state index contributed by atoms with van der Waals surface area (Å²) in [5, 5.41) is 9.61. The summed E-state index contributed by atoms with van der Waals surface area (Å²) >= 11 is 6.92. The van der Waals surface area contributed by atoms with Crippen molar-refractivity contribution in [3.05, 3.63) is 29.8 Å². The van der Waals surface area contributed by atoms with Crippen molar-refractivity contribution in [2.24, 2.45) is 0 Å². The SMILES string of the molecule is CCN(CC)C(=S)SCc1ccccc1O. The summed E-state index contributed by atoms with van der Waals surface area (Å²) < 4.78 is 0.897. The number of rotatable bonds is 4. The van der Waals surface area contributed by atoms with E-state index in [4.69, 9.17) is 12.2 Å². The number of hydrogen-bond acceptors (Lipinski definition) is 3. The first-order chi connectivity index (χ1) is 7.69. The lowest BCUT2D eigenvalue weighted by atomic mass is 10.2. The van der Waals surface area contributed by atoms with Gasteiger partial charge in [0.1, 0.15) is 10.1 Å². The summed E-state index contributed by atoms with van der Waals surface area (Å²) in [6, 6.07) is 7.38. The number of thiocarbonyl (C=S) groups is 1. The van der Waals surface area contributed by atoms with Crippen molar-refractivity contribution in [3.63, 3.8) is 0 Å². The number of nitrogens with zero attached hydrogens (tertiary/aromatic N) is 1.